The molecule has 0 saturated heterocycles. The van der Waals surface area contributed by atoms with Crippen molar-refractivity contribution in [3.63, 3.8) is 0 Å². The molecule has 0 radical (unpaired) electrons. The van der Waals surface area contributed by atoms with E-state index in [1.807, 2.05) is 19.6 Å². The maximum absolute atomic E-state index is 4.15. The highest BCUT2D eigenvalue weighted by atomic mass is 32.1. The number of nitrogens with zero attached hydrogens (tertiary/aromatic N) is 2. The van der Waals surface area contributed by atoms with Crippen LogP contribution in [-0.4, -0.2) is 16.6 Å². The highest BCUT2D eigenvalue weighted by Gasteiger charge is 2.01. The lowest BCUT2D eigenvalue weighted by atomic mass is 10.4. The van der Waals surface area contributed by atoms with Crippen molar-refractivity contribution in [1.29, 1.82) is 0 Å². The first-order valence-electron chi connectivity index (χ1n) is 4.56. The van der Waals surface area contributed by atoms with Gasteiger partial charge < -0.3 is 9.88 Å². The average Bonchev–Trinajstić information content (AvgIpc) is 2.80. The van der Waals surface area contributed by atoms with Crippen LogP contribution in [0.25, 0.3) is 0 Å². The monoisotopic (exact) mass is 207 g/mol. The Hall–Kier alpha value is -1.13. The fraction of sp³-hybridized carbons (Fsp3) is 0.300. The number of aromatic nitrogens is 2. The maximum atomic E-state index is 4.15. The van der Waals surface area contributed by atoms with Crippen LogP contribution in [0.1, 0.15) is 10.6 Å². The Morgan fingerprint density at radius 1 is 1.57 bits per heavy atom. The molecule has 0 amide bonds. The molecule has 14 heavy (non-hydrogen) atoms. The molecule has 2 rings (SSSR count). The summed E-state index contributed by atoms with van der Waals surface area (Å²) in [4.78, 5) is 5.51. The first-order chi connectivity index (χ1) is 6.90. The first-order valence-corrected chi connectivity index (χ1v) is 5.44. The second-order valence-corrected chi connectivity index (χ2v) is 4.15. The molecule has 0 atom stereocenters. The summed E-state index contributed by atoms with van der Waals surface area (Å²) in [6, 6.07) is 4.22. The molecule has 74 valence electrons. The Bertz CT molecular complexity index is 378. The van der Waals surface area contributed by atoms with E-state index >= 15 is 0 Å². The molecule has 4 heteroatoms. The van der Waals surface area contributed by atoms with E-state index in [4.69, 9.17) is 0 Å². The van der Waals surface area contributed by atoms with Crippen LogP contribution in [0.5, 0.6) is 0 Å². The smallest absolute Gasteiger partial charge is 0.0952 e. The molecule has 0 aliphatic carbocycles. The van der Waals surface area contributed by atoms with Crippen molar-refractivity contribution in [3.8, 4) is 0 Å². The van der Waals surface area contributed by atoms with Crippen LogP contribution in [0.3, 0.4) is 0 Å². The number of imidazole rings is 1. The topological polar surface area (TPSA) is 29.9 Å². The van der Waals surface area contributed by atoms with Crippen LogP contribution in [0.2, 0.25) is 0 Å². The van der Waals surface area contributed by atoms with Gasteiger partial charge >= 0.3 is 0 Å². The molecule has 3 nitrogen and oxygen atoms in total. The lowest BCUT2D eigenvalue weighted by Crippen LogP contribution is -2.10. The van der Waals surface area contributed by atoms with Crippen molar-refractivity contribution in [2.75, 3.05) is 7.05 Å². The lowest BCUT2D eigenvalue weighted by Gasteiger charge is -2.05. The minimum atomic E-state index is 0.866. The normalized spacial score (nSPS) is 10.6. The third-order valence-corrected chi connectivity index (χ3v) is 2.92. The Morgan fingerprint density at radius 3 is 3.21 bits per heavy atom. The summed E-state index contributed by atoms with van der Waals surface area (Å²) in [7, 11) is 1.95. The molecule has 0 aromatic carbocycles. The van der Waals surface area contributed by atoms with E-state index in [9.17, 15) is 0 Å². The van der Waals surface area contributed by atoms with Crippen LogP contribution < -0.4 is 5.32 Å². The van der Waals surface area contributed by atoms with Gasteiger partial charge in [0.15, 0.2) is 0 Å². The molecule has 2 aromatic heterocycles. The van der Waals surface area contributed by atoms with Crippen molar-refractivity contribution < 1.29 is 0 Å². The molecule has 0 aliphatic heterocycles. The van der Waals surface area contributed by atoms with Crippen LogP contribution in [0, 0.1) is 0 Å². The van der Waals surface area contributed by atoms with E-state index in [1.54, 1.807) is 11.3 Å². The van der Waals surface area contributed by atoms with Gasteiger partial charge in [0.25, 0.3) is 0 Å². The third kappa shape index (κ3) is 2.02. The summed E-state index contributed by atoms with van der Waals surface area (Å²) in [6.45, 7) is 1.79. The van der Waals surface area contributed by atoms with E-state index in [0.29, 0.717) is 0 Å². The summed E-state index contributed by atoms with van der Waals surface area (Å²) < 4.78 is 2.17. The number of rotatable bonds is 4. The van der Waals surface area contributed by atoms with Crippen molar-refractivity contribution in [3.05, 3.63) is 40.6 Å². The fourth-order valence-electron chi connectivity index (χ4n) is 1.39. The SMILES string of the molecule is CNCc1cncn1Cc1cccs1. The van der Waals surface area contributed by atoms with E-state index in [0.717, 1.165) is 13.1 Å². The lowest BCUT2D eigenvalue weighted by molar-refractivity contribution is 0.698. The predicted octanol–water partition coefficient (Wildman–Crippen LogP) is 1.71. The number of hydrogen-bond acceptors (Lipinski definition) is 3. The first kappa shape index (κ1) is 9.43. The van der Waals surface area contributed by atoms with Gasteiger partial charge in [-0.1, -0.05) is 6.07 Å². The van der Waals surface area contributed by atoms with Gasteiger partial charge in [0.2, 0.25) is 0 Å². The van der Waals surface area contributed by atoms with Gasteiger partial charge in [-0.05, 0) is 18.5 Å². The minimum absolute atomic E-state index is 0.866. The Morgan fingerprint density at radius 2 is 2.50 bits per heavy atom. The van der Waals surface area contributed by atoms with Gasteiger partial charge in [-0.3, -0.25) is 0 Å². The second kappa shape index (κ2) is 4.39. The number of hydrogen-bond donors (Lipinski definition) is 1. The van der Waals surface area contributed by atoms with Crippen LogP contribution in [-0.2, 0) is 13.1 Å². The van der Waals surface area contributed by atoms with Crippen LogP contribution in [0.15, 0.2) is 30.0 Å². The molecule has 2 aromatic rings. The Labute approximate surface area is 87.4 Å². The summed E-state index contributed by atoms with van der Waals surface area (Å²) in [5.74, 6) is 0. The predicted molar refractivity (Wildman–Crippen MR) is 58.4 cm³/mol. The Balaban J connectivity index is 2.12. The van der Waals surface area contributed by atoms with E-state index in [-0.39, 0.29) is 0 Å². The largest absolute Gasteiger partial charge is 0.328 e. The summed E-state index contributed by atoms with van der Waals surface area (Å²) >= 11 is 1.78. The van der Waals surface area contributed by atoms with Gasteiger partial charge in [0, 0.05) is 17.6 Å². The molecule has 0 aliphatic rings. The zero-order valence-electron chi connectivity index (χ0n) is 8.10. The van der Waals surface area contributed by atoms with Gasteiger partial charge in [0.1, 0.15) is 0 Å². The Kier molecular flexibility index (Phi) is 2.96. The molecular weight excluding hydrogens is 194 g/mol. The molecule has 0 bridgehead atoms. The van der Waals surface area contributed by atoms with Crippen LogP contribution >= 0.6 is 11.3 Å². The average molecular weight is 207 g/mol. The molecular formula is C10H13N3S. The van der Waals surface area contributed by atoms with Crippen molar-refractivity contribution >= 4 is 11.3 Å². The molecule has 0 fully saturated rings. The summed E-state index contributed by atoms with van der Waals surface area (Å²) in [5.41, 5.74) is 1.22. The number of thiophene rings is 1. The summed E-state index contributed by atoms with van der Waals surface area (Å²) in [5, 5.41) is 5.23. The molecule has 0 saturated carbocycles. The van der Waals surface area contributed by atoms with Crippen molar-refractivity contribution in [1.82, 2.24) is 14.9 Å². The third-order valence-electron chi connectivity index (χ3n) is 2.06. The van der Waals surface area contributed by atoms with E-state index < -0.39 is 0 Å². The number of nitrogens with one attached hydrogen (secondary N) is 1. The van der Waals surface area contributed by atoms with Gasteiger partial charge in [0.05, 0.1) is 18.6 Å². The molecule has 1 N–H and O–H groups in total. The van der Waals surface area contributed by atoms with Gasteiger partial charge in [-0.15, -0.1) is 11.3 Å². The van der Waals surface area contributed by atoms with E-state index in [1.165, 1.54) is 10.6 Å². The minimum Gasteiger partial charge on any atom is -0.328 e. The highest BCUT2D eigenvalue weighted by Crippen LogP contribution is 2.11. The molecule has 0 spiro atoms. The second-order valence-electron chi connectivity index (χ2n) is 3.12. The maximum Gasteiger partial charge on any atom is 0.0952 e. The standard InChI is InChI=1S/C10H13N3S/c1-11-5-9-6-12-8-13(9)7-10-3-2-4-14-10/h2-4,6,8,11H,5,7H2,1H3. The fourth-order valence-corrected chi connectivity index (χ4v) is 2.09. The zero-order chi connectivity index (χ0) is 9.80. The zero-order valence-corrected chi connectivity index (χ0v) is 8.92. The summed E-state index contributed by atoms with van der Waals surface area (Å²) in [6.07, 6.45) is 3.79. The van der Waals surface area contributed by atoms with E-state index in [2.05, 4.69) is 32.4 Å². The van der Waals surface area contributed by atoms with Crippen molar-refractivity contribution in [2.24, 2.45) is 0 Å². The quantitative estimate of drug-likeness (QED) is 0.827. The van der Waals surface area contributed by atoms with Crippen molar-refractivity contribution in [2.45, 2.75) is 13.1 Å². The van der Waals surface area contributed by atoms with Gasteiger partial charge in [-0.25, -0.2) is 4.98 Å². The van der Waals surface area contributed by atoms with Crippen LogP contribution in [0.4, 0.5) is 0 Å². The molecule has 2 heterocycles. The molecule has 0 unspecified atom stereocenters. The highest BCUT2D eigenvalue weighted by molar-refractivity contribution is 7.09. The van der Waals surface area contributed by atoms with Gasteiger partial charge in [-0.2, -0.15) is 0 Å².